The summed E-state index contributed by atoms with van der Waals surface area (Å²) in [4.78, 5) is 61.1. The van der Waals surface area contributed by atoms with Gasteiger partial charge in [-0.15, -0.1) is 13.2 Å². The SMILES string of the molecule is C=CCn1c(=O)n(CC=C)c(=O)n(CC(=O)Nc2cccc(C(C)=O)c2)c1=O. The van der Waals surface area contributed by atoms with Crippen LogP contribution < -0.4 is 22.4 Å². The van der Waals surface area contributed by atoms with Gasteiger partial charge in [-0.05, 0) is 19.1 Å². The van der Waals surface area contributed by atoms with Crippen LogP contribution in [0.15, 0.2) is 64.0 Å². The number of hydrogen-bond acceptors (Lipinski definition) is 5. The summed E-state index contributed by atoms with van der Waals surface area (Å²) in [6.45, 7) is 7.53. The van der Waals surface area contributed by atoms with Crippen molar-refractivity contribution in [1.82, 2.24) is 13.7 Å². The Morgan fingerprint density at radius 1 is 0.964 bits per heavy atom. The molecule has 0 saturated heterocycles. The minimum Gasteiger partial charge on any atom is -0.325 e. The summed E-state index contributed by atoms with van der Waals surface area (Å²) >= 11 is 0. The van der Waals surface area contributed by atoms with Crippen LogP contribution in [-0.2, 0) is 24.4 Å². The largest absolute Gasteiger partial charge is 0.337 e. The van der Waals surface area contributed by atoms with Crippen LogP contribution in [-0.4, -0.2) is 25.4 Å². The third-order valence-corrected chi connectivity index (χ3v) is 3.86. The van der Waals surface area contributed by atoms with Crippen LogP contribution in [0.25, 0.3) is 0 Å². The molecule has 146 valence electrons. The van der Waals surface area contributed by atoms with Crippen LogP contribution in [0, 0.1) is 0 Å². The highest BCUT2D eigenvalue weighted by Gasteiger charge is 2.16. The van der Waals surface area contributed by atoms with Crippen molar-refractivity contribution < 1.29 is 9.59 Å². The molecule has 0 spiro atoms. The molecule has 0 saturated carbocycles. The first-order valence-electron chi connectivity index (χ1n) is 8.37. The smallest absolute Gasteiger partial charge is 0.325 e. The van der Waals surface area contributed by atoms with Crippen molar-refractivity contribution in [3.63, 3.8) is 0 Å². The summed E-state index contributed by atoms with van der Waals surface area (Å²) in [7, 11) is 0. The molecular formula is C19H20N4O5. The van der Waals surface area contributed by atoms with Crippen molar-refractivity contribution in [3.05, 3.63) is 86.6 Å². The standard InChI is InChI=1S/C19H20N4O5/c1-4-9-21-17(26)22(10-5-2)19(28)23(18(21)27)12-16(25)20-15-8-6-7-14(11-15)13(3)24/h4-8,11H,1-2,9-10,12H2,3H3,(H,20,25). The highest BCUT2D eigenvalue weighted by atomic mass is 16.2. The fourth-order valence-corrected chi connectivity index (χ4v) is 2.55. The van der Waals surface area contributed by atoms with Crippen molar-refractivity contribution in [3.8, 4) is 0 Å². The molecule has 0 unspecified atom stereocenters. The lowest BCUT2D eigenvalue weighted by molar-refractivity contribution is -0.116. The maximum absolute atomic E-state index is 12.5. The Hall–Kier alpha value is -3.75. The van der Waals surface area contributed by atoms with Crippen LogP contribution >= 0.6 is 0 Å². The lowest BCUT2D eigenvalue weighted by atomic mass is 10.1. The van der Waals surface area contributed by atoms with Gasteiger partial charge in [-0.1, -0.05) is 24.3 Å². The van der Waals surface area contributed by atoms with Gasteiger partial charge in [0.2, 0.25) is 5.91 Å². The van der Waals surface area contributed by atoms with Crippen molar-refractivity contribution in [1.29, 1.82) is 0 Å². The van der Waals surface area contributed by atoms with E-state index < -0.39 is 29.5 Å². The molecule has 2 rings (SSSR count). The third kappa shape index (κ3) is 4.32. The maximum atomic E-state index is 12.5. The number of allylic oxidation sites excluding steroid dienone is 2. The highest BCUT2D eigenvalue weighted by molar-refractivity contribution is 5.97. The minimum atomic E-state index is -0.914. The number of hydrogen-bond donors (Lipinski definition) is 1. The van der Waals surface area contributed by atoms with E-state index in [9.17, 15) is 24.0 Å². The number of carbonyl (C=O) groups is 2. The predicted molar refractivity (Wildman–Crippen MR) is 105 cm³/mol. The molecule has 1 amide bonds. The Bertz CT molecular complexity index is 1070. The predicted octanol–water partition coefficient (Wildman–Crippen LogP) is 0.385. The summed E-state index contributed by atoms with van der Waals surface area (Å²) < 4.78 is 2.28. The lowest BCUT2D eigenvalue weighted by Crippen LogP contribution is -2.55. The summed E-state index contributed by atoms with van der Waals surface area (Å²) in [6, 6.07) is 6.25. The number of nitrogens with zero attached hydrogens (tertiary/aromatic N) is 3. The van der Waals surface area contributed by atoms with E-state index >= 15 is 0 Å². The average molecular weight is 384 g/mol. The second-order valence-electron chi connectivity index (χ2n) is 5.92. The minimum absolute atomic E-state index is 0.114. The first-order chi connectivity index (χ1) is 13.3. The Morgan fingerprint density at radius 2 is 1.50 bits per heavy atom. The second kappa shape index (κ2) is 8.76. The quantitative estimate of drug-likeness (QED) is 0.522. The number of Topliss-reactive ketones (excluding diaryl/α,β-unsaturated/α-hetero) is 1. The van der Waals surface area contributed by atoms with Gasteiger partial charge in [0.15, 0.2) is 5.78 Å². The molecule has 9 heteroatoms. The fourth-order valence-electron chi connectivity index (χ4n) is 2.55. The molecule has 1 heterocycles. The number of rotatable bonds is 8. The van der Waals surface area contributed by atoms with E-state index in [0.717, 1.165) is 9.13 Å². The number of aromatic nitrogens is 3. The molecule has 0 atom stereocenters. The van der Waals surface area contributed by atoms with Crippen LogP contribution in [0.2, 0.25) is 0 Å². The van der Waals surface area contributed by atoms with E-state index in [1.54, 1.807) is 18.2 Å². The summed E-state index contributed by atoms with van der Waals surface area (Å²) in [5, 5.41) is 2.53. The van der Waals surface area contributed by atoms with E-state index in [4.69, 9.17) is 0 Å². The van der Waals surface area contributed by atoms with E-state index in [1.807, 2.05) is 0 Å². The van der Waals surface area contributed by atoms with E-state index in [2.05, 4.69) is 18.5 Å². The van der Waals surface area contributed by atoms with Gasteiger partial charge in [0.1, 0.15) is 6.54 Å². The Kier molecular flexibility index (Phi) is 6.43. The van der Waals surface area contributed by atoms with Crippen LogP contribution in [0.5, 0.6) is 0 Å². The molecule has 0 aliphatic carbocycles. The third-order valence-electron chi connectivity index (χ3n) is 3.86. The van der Waals surface area contributed by atoms with Crippen LogP contribution in [0.1, 0.15) is 17.3 Å². The first-order valence-corrected chi connectivity index (χ1v) is 8.37. The molecule has 1 aromatic heterocycles. The molecular weight excluding hydrogens is 364 g/mol. The second-order valence-corrected chi connectivity index (χ2v) is 5.92. The van der Waals surface area contributed by atoms with Crippen LogP contribution in [0.4, 0.5) is 5.69 Å². The van der Waals surface area contributed by atoms with Gasteiger partial charge in [-0.25, -0.2) is 28.1 Å². The van der Waals surface area contributed by atoms with Gasteiger partial charge < -0.3 is 5.32 Å². The van der Waals surface area contributed by atoms with Crippen molar-refractivity contribution in [2.75, 3.05) is 5.32 Å². The summed E-state index contributed by atoms with van der Waals surface area (Å²) in [5.74, 6) is -0.829. The van der Waals surface area contributed by atoms with Crippen molar-refractivity contribution in [2.45, 2.75) is 26.6 Å². The first kappa shape index (κ1) is 20.6. The molecule has 1 aromatic carbocycles. The summed E-state index contributed by atoms with van der Waals surface area (Å²) in [5.41, 5.74) is -1.88. The van der Waals surface area contributed by atoms with Crippen LogP contribution in [0.3, 0.4) is 0 Å². The zero-order valence-electron chi connectivity index (χ0n) is 15.4. The van der Waals surface area contributed by atoms with Gasteiger partial charge in [0.25, 0.3) is 0 Å². The molecule has 0 aliphatic rings. The number of nitrogens with one attached hydrogen (secondary N) is 1. The number of benzene rings is 1. The lowest BCUT2D eigenvalue weighted by Gasteiger charge is -2.12. The summed E-state index contributed by atoms with van der Waals surface area (Å²) in [6.07, 6.45) is 2.67. The van der Waals surface area contributed by atoms with E-state index in [0.29, 0.717) is 15.8 Å². The number of anilines is 1. The van der Waals surface area contributed by atoms with Gasteiger partial charge >= 0.3 is 17.1 Å². The molecule has 0 bridgehead atoms. The molecule has 0 aliphatic heterocycles. The molecule has 28 heavy (non-hydrogen) atoms. The number of amides is 1. The maximum Gasteiger partial charge on any atom is 0.337 e. The molecule has 0 fully saturated rings. The molecule has 2 aromatic rings. The number of carbonyl (C=O) groups excluding carboxylic acids is 2. The Balaban J connectivity index is 2.42. The van der Waals surface area contributed by atoms with Crippen molar-refractivity contribution >= 4 is 17.4 Å². The fraction of sp³-hybridized carbons (Fsp3) is 0.211. The van der Waals surface area contributed by atoms with E-state index in [1.165, 1.54) is 25.1 Å². The van der Waals surface area contributed by atoms with Crippen molar-refractivity contribution in [2.24, 2.45) is 0 Å². The van der Waals surface area contributed by atoms with Gasteiger partial charge in [0, 0.05) is 11.3 Å². The number of ketones is 1. The molecule has 1 N–H and O–H groups in total. The molecule has 0 radical (unpaired) electrons. The normalized spacial score (nSPS) is 10.3. The molecule has 9 nitrogen and oxygen atoms in total. The monoisotopic (exact) mass is 384 g/mol. The zero-order chi connectivity index (χ0) is 20.8. The van der Waals surface area contributed by atoms with E-state index in [-0.39, 0.29) is 18.9 Å². The van der Waals surface area contributed by atoms with Gasteiger partial charge in [0.05, 0.1) is 13.1 Å². The van der Waals surface area contributed by atoms with Gasteiger partial charge in [-0.3, -0.25) is 9.59 Å². The Morgan fingerprint density at radius 3 is 2.00 bits per heavy atom. The Labute approximate surface area is 159 Å². The topological polar surface area (TPSA) is 112 Å². The average Bonchev–Trinajstić information content (AvgIpc) is 2.66. The zero-order valence-corrected chi connectivity index (χ0v) is 15.4. The highest BCUT2D eigenvalue weighted by Crippen LogP contribution is 2.11. The van der Waals surface area contributed by atoms with Gasteiger partial charge in [-0.2, -0.15) is 0 Å².